The molecular formula is C27H28N4O3. The SMILES string of the molecule is COc1nc2c(c(C)nn2-c2ccc(C)cc2)c(C)c1CCC(=O)Nc1ccc(C(C)=O)cc1. The van der Waals surface area contributed by atoms with Crippen molar-refractivity contribution in [2.24, 2.45) is 0 Å². The number of hydrogen-bond acceptors (Lipinski definition) is 5. The number of carbonyl (C=O) groups excluding carboxylic acids is 2. The van der Waals surface area contributed by atoms with Crippen molar-refractivity contribution in [2.45, 2.75) is 40.5 Å². The van der Waals surface area contributed by atoms with Gasteiger partial charge in [0.15, 0.2) is 11.4 Å². The number of amides is 1. The third-order valence-electron chi connectivity index (χ3n) is 5.98. The lowest BCUT2D eigenvalue weighted by Gasteiger charge is -2.13. The van der Waals surface area contributed by atoms with Crippen LogP contribution in [-0.2, 0) is 11.2 Å². The molecule has 7 heteroatoms. The number of ketones is 1. The minimum atomic E-state index is -0.121. The highest BCUT2D eigenvalue weighted by Crippen LogP contribution is 2.32. The first-order valence-corrected chi connectivity index (χ1v) is 11.2. The maximum Gasteiger partial charge on any atom is 0.224 e. The van der Waals surface area contributed by atoms with E-state index in [9.17, 15) is 9.59 Å². The fourth-order valence-electron chi connectivity index (χ4n) is 4.11. The maximum absolute atomic E-state index is 12.6. The van der Waals surface area contributed by atoms with Crippen molar-refractivity contribution in [3.63, 3.8) is 0 Å². The molecule has 4 aromatic rings. The number of hydrogen-bond donors (Lipinski definition) is 1. The van der Waals surface area contributed by atoms with E-state index in [-0.39, 0.29) is 18.1 Å². The van der Waals surface area contributed by atoms with Crippen LogP contribution in [0.2, 0.25) is 0 Å². The molecule has 0 aliphatic heterocycles. The Kier molecular flexibility index (Phi) is 6.45. The fraction of sp³-hybridized carbons (Fsp3) is 0.259. The van der Waals surface area contributed by atoms with Crippen LogP contribution in [0, 0.1) is 20.8 Å². The number of carbonyl (C=O) groups is 2. The first kappa shape index (κ1) is 23.2. The zero-order chi connectivity index (χ0) is 24.4. The molecule has 174 valence electrons. The molecule has 0 spiro atoms. The molecule has 0 radical (unpaired) electrons. The highest BCUT2D eigenvalue weighted by atomic mass is 16.5. The molecule has 7 nitrogen and oxygen atoms in total. The molecule has 2 aromatic heterocycles. The quantitative estimate of drug-likeness (QED) is 0.390. The average Bonchev–Trinajstić information content (AvgIpc) is 3.15. The summed E-state index contributed by atoms with van der Waals surface area (Å²) in [6.07, 6.45) is 0.744. The highest BCUT2D eigenvalue weighted by Gasteiger charge is 2.20. The van der Waals surface area contributed by atoms with E-state index in [1.807, 2.05) is 49.7 Å². The normalized spacial score (nSPS) is 11.0. The predicted molar refractivity (Wildman–Crippen MR) is 133 cm³/mol. The third-order valence-corrected chi connectivity index (χ3v) is 5.98. The Morgan fingerprint density at radius 3 is 2.29 bits per heavy atom. The Morgan fingerprint density at radius 2 is 1.68 bits per heavy atom. The summed E-state index contributed by atoms with van der Waals surface area (Å²) in [5.74, 6) is 0.366. The summed E-state index contributed by atoms with van der Waals surface area (Å²) >= 11 is 0. The first-order chi connectivity index (χ1) is 16.3. The van der Waals surface area contributed by atoms with Crippen molar-refractivity contribution in [3.05, 3.63) is 76.5 Å². The lowest BCUT2D eigenvalue weighted by molar-refractivity contribution is -0.116. The summed E-state index contributed by atoms with van der Waals surface area (Å²) in [6, 6.07) is 15.0. The number of aromatic nitrogens is 3. The van der Waals surface area contributed by atoms with E-state index in [0.29, 0.717) is 23.6 Å². The number of anilines is 1. The number of pyridine rings is 1. The smallest absolute Gasteiger partial charge is 0.224 e. The molecule has 2 aromatic carbocycles. The molecule has 0 aliphatic rings. The molecule has 34 heavy (non-hydrogen) atoms. The van der Waals surface area contributed by atoms with Crippen LogP contribution in [0.5, 0.6) is 5.88 Å². The van der Waals surface area contributed by atoms with Gasteiger partial charge in [-0.2, -0.15) is 10.1 Å². The maximum atomic E-state index is 12.6. The van der Waals surface area contributed by atoms with Crippen LogP contribution in [-0.4, -0.2) is 33.6 Å². The molecule has 0 aliphatic carbocycles. The molecule has 1 N–H and O–H groups in total. The standard InChI is InChI=1S/C27H28N4O3/c1-16-6-12-22(13-7-16)31-26-25(18(3)30-31)17(2)23(27(29-26)34-5)14-15-24(33)28-21-10-8-20(9-11-21)19(4)32/h6-13H,14-15H2,1-5H3,(H,28,33). The average molecular weight is 457 g/mol. The van der Waals surface area contributed by atoms with Gasteiger partial charge in [0.25, 0.3) is 0 Å². The van der Waals surface area contributed by atoms with Gasteiger partial charge < -0.3 is 10.1 Å². The number of nitrogens with one attached hydrogen (secondary N) is 1. The van der Waals surface area contributed by atoms with Crippen LogP contribution in [0.25, 0.3) is 16.7 Å². The number of nitrogens with zero attached hydrogens (tertiary/aromatic N) is 3. The van der Waals surface area contributed by atoms with Crippen LogP contribution in [0.4, 0.5) is 5.69 Å². The number of ether oxygens (including phenoxy) is 1. The van der Waals surface area contributed by atoms with Crippen molar-refractivity contribution in [2.75, 3.05) is 12.4 Å². The molecule has 2 heterocycles. The Morgan fingerprint density at radius 1 is 1.00 bits per heavy atom. The second-order valence-corrected chi connectivity index (χ2v) is 8.44. The molecule has 1 amide bonds. The Bertz CT molecular complexity index is 1370. The van der Waals surface area contributed by atoms with E-state index in [1.165, 1.54) is 12.5 Å². The van der Waals surface area contributed by atoms with Crippen molar-refractivity contribution in [3.8, 4) is 11.6 Å². The van der Waals surface area contributed by atoms with Crippen LogP contribution in [0.15, 0.2) is 48.5 Å². The van der Waals surface area contributed by atoms with E-state index in [0.717, 1.165) is 33.5 Å². The van der Waals surface area contributed by atoms with E-state index in [2.05, 4.69) is 5.32 Å². The fourth-order valence-corrected chi connectivity index (χ4v) is 4.11. The van der Waals surface area contributed by atoms with Crippen LogP contribution < -0.4 is 10.1 Å². The van der Waals surface area contributed by atoms with Gasteiger partial charge in [0, 0.05) is 28.6 Å². The number of benzene rings is 2. The van der Waals surface area contributed by atoms with Crippen molar-refractivity contribution >= 4 is 28.4 Å². The van der Waals surface area contributed by atoms with Crippen molar-refractivity contribution in [1.29, 1.82) is 0 Å². The molecule has 0 bridgehead atoms. The van der Waals surface area contributed by atoms with Gasteiger partial charge in [-0.1, -0.05) is 17.7 Å². The van der Waals surface area contributed by atoms with Gasteiger partial charge in [-0.15, -0.1) is 0 Å². The van der Waals surface area contributed by atoms with E-state index in [4.69, 9.17) is 14.8 Å². The predicted octanol–water partition coefficient (Wildman–Crippen LogP) is 5.13. The Labute approximate surface area is 198 Å². The topological polar surface area (TPSA) is 86.1 Å². The van der Waals surface area contributed by atoms with Crippen LogP contribution >= 0.6 is 0 Å². The lowest BCUT2D eigenvalue weighted by Crippen LogP contribution is -2.13. The van der Waals surface area contributed by atoms with Gasteiger partial charge in [0.05, 0.1) is 18.5 Å². The summed E-state index contributed by atoms with van der Waals surface area (Å²) in [4.78, 5) is 28.8. The number of fused-ring (bicyclic) bond motifs is 1. The third kappa shape index (κ3) is 4.55. The van der Waals surface area contributed by atoms with Gasteiger partial charge in [-0.05, 0) is 76.1 Å². The van der Waals surface area contributed by atoms with Gasteiger partial charge >= 0.3 is 0 Å². The molecule has 0 saturated heterocycles. The lowest BCUT2D eigenvalue weighted by atomic mass is 10.0. The van der Waals surface area contributed by atoms with Crippen LogP contribution in [0.1, 0.15) is 46.1 Å². The van der Waals surface area contributed by atoms with Gasteiger partial charge in [0.2, 0.25) is 11.8 Å². The first-order valence-electron chi connectivity index (χ1n) is 11.2. The van der Waals surface area contributed by atoms with E-state index < -0.39 is 0 Å². The Hall–Kier alpha value is -4.00. The number of aryl methyl sites for hydroxylation is 3. The number of methoxy groups -OCH3 is 1. The van der Waals surface area contributed by atoms with E-state index in [1.54, 1.807) is 31.4 Å². The molecule has 0 unspecified atom stereocenters. The van der Waals surface area contributed by atoms with E-state index >= 15 is 0 Å². The van der Waals surface area contributed by atoms with Gasteiger partial charge in [0.1, 0.15) is 0 Å². The molecule has 0 saturated carbocycles. The minimum absolute atomic E-state index is 0.00988. The molecule has 0 atom stereocenters. The zero-order valence-electron chi connectivity index (χ0n) is 20.1. The second-order valence-electron chi connectivity index (χ2n) is 8.44. The monoisotopic (exact) mass is 456 g/mol. The largest absolute Gasteiger partial charge is 0.481 e. The summed E-state index contributed by atoms with van der Waals surface area (Å²) in [6.45, 7) is 7.55. The zero-order valence-corrected chi connectivity index (χ0v) is 20.1. The summed E-state index contributed by atoms with van der Waals surface area (Å²) in [5, 5.41) is 8.59. The van der Waals surface area contributed by atoms with Gasteiger partial charge in [-0.25, -0.2) is 4.68 Å². The Balaban J connectivity index is 1.59. The summed E-state index contributed by atoms with van der Waals surface area (Å²) in [5.41, 5.74) is 6.88. The number of rotatable bonds is 7. The van der Waals surface area contributed by atoms with Crippen LogP contribution in [0.3, 0.4) is 0 Å². The van der Waals surface area contributed by atoms with Crippen molar-refractivity contribution in [1.82, 2.24) is 14.8 Å². The number of Topliss-reactive ketones (excluding diaryl/α,β-unsaturated/α-hetero) is 1. The summed E-state index contributed by atoms with van der Waals surface area (Å²) < 4.78 is 7.46. The molecule has 4 rings (SSSR count). The highest BCUT2D eigenvalue weighted by molar-refractivity contribution is 5.95. The summed E-state index contributed by atoms with van der Waals surface area (Å²) in [7, 11) is 1.59. The molecule has 0 fully saturated rings. The second kappa shape index (κ2) is 9.47. The van der Waals surface area contributed by atoms with Gasteiger partial charge in [-0.3, -0.25) is 9.59 Å². The van der Waals surface area contributed by atoms with Crippen molar-refractivity contribution < 1.29 is 14.3 Å². The minimum Gasteiger partial charge on any atom is -0.481 e. The molecular weight excluding hydrogens is 428 g/mol.